The third kappa shape index (κ3) is 3.57. The Kier molecular flexibility index (Phi) is 4.03. The Morgan fingerprint density at radius 1 is 1.31 bits per heavy atom. The second kappa shape index (κ2) is 4.92. The molecule has 16 heavy (non-hydrogen) atoms. The summed E-state index contributed by atoms with van der Waals surface area (Å²) in [6.45, 7) is 8.20. The van der Waals surface area contributed by atoms with Crippen molar-refractivity contribution in [2.75, 3.05) is 6.26 Å². The molecule has 1 aromatic carbocycles. The van der Waals surface area contributed by atoms with E-state index in [0.717, 1.165) is 12.8 Å². The zero-order valence-corrected chi connectivity index (χ0v) is 11.5. The van der Waals surface area contributed by atoms with Crippen LogP contribution in [0.1, 0.15) is 24.5 Å². The van der Waals surface area contributed by atoms with Crippen LogP contribution in [0.15, 0.2) is 35.2 Å². The number of allylic oxidation sites excluding steroid dienone is 1. The first-order valence-corrected chi connectivity index (χ1v) is 7.87. The van der Waals surface area contributed by atoms with Gasteiger partial charge in [0.25, 0.3) is 0 Å². The van der Waals surface area contributed by atoms with E-state index in [1.54, 1.807) is 0 Å². The highest BCUT2D eigenvalue weighted by Gasteiger charge is 2.02. The van der Waals surface area contributed by atoms with Gasteiger partial charge in [-0.2, -0.15) is 9.21 Å². The molecule has 0 aliphatic rings. The second-order valence-corrected chi connectivity index (χ2v) is 7.84. The van der Waals surface area contributed by atoms with Crippen LogP contribution in [0.3, 0.4) is 0 Å². The van der Waals surface area contributed by atoms with Crippen LogP contribution in [0.4, 0.5) is 0 Å². The first-order chi connectivity index (χ1) is 7.30. The summed E-state index contributed by atoms with van der Waals surface area (Å²) in [6, 6.07) is 6.62. The van der Waals surface area contributed by atoms with E-state index >= 15 is 0 Å². The molecule has 0 heterocycles. The Balaban J connectivity index is 3.04. The van der Waals surface area contributed by atoms with E-state index in [1.807, 2.05) is 0 Å². The van der Waals surface area contributed by atoms with Crippen molar-refractivity contribution in [2.24, 2.45) is 0 Å². The molecule has 0 bridgehead atoms. The van der Waals surface area contributed by atoms with Crippen LogP contribution in [0.2, 0.25) is 0 Å². The van der Waals surface area contributed by atoms with Crippen LogP contribution < -0.4 is 0 Å². The second-order valence-electron chi connectivity index (χ2n) is 4.82. The van der Waals surface area contributed by atoms with Gasteiger partial charge in [0.2, 0.25) is 0 Å². The van der Waals surface area contributed by atoms with Gasteiger partial charge < -0.3 is 0 Å². The summed E-state index contributed by atoms with van der Waals surface area (Å²) in [6.07, 6.45) is 4.26. The average Bonchev–Trinajstić information content (AvgIpc) is 2.14. The minimum Gasteiger partial charge on any atom is -0.190 e. The van der Waals surface area contributed by atoms with Gasteiger partial charge in [-0.05, 0) is 61.1 Å². The topological polar surface area (TPSA) is 0 Å². The molecule has 0 aromatic heterocycles. The van der Waals surface area contributed by atoms with Crippen molar-refractivity contribution in [3.05, 3.63) is 41.5 Å². The van der Waals surface area contributed by atoms with E-state index < -0.39 is 9.21 Å². The smallest absolute Gasteiger partial charge is 0.00387 e. The van der Waals surface area contributed by atoms with E-state index in [1.165, 1.54) is 21.6 Å². The molecule has 0 N–H and O–H groups in total. The molecule has 1 aromatic rings. The van der Waals surface area contributed by atoms with Gasteiger partial charge in [0.15, 0.2) is 0 Å². The highest BCUT2D eigenvalue weighted by molar-refractivity contribution is 8.27. The Morgan fingerprint density at radius 3 is 2.44 bits per heavy atom. The molecule has 0 nitrogen and oxygen atoms in total. The van der Waals surface area contributed by atoms with Crippen molar-refractivity contribution < 1.29 is 0 Å². The van der Waals surface area contributed by atoms with Crippen molar-refractivity contribution in [1.29, 1.82) is 0 Å². The quantitative estimate of drug-likeness (QED) is 0.542. The zero-order chi connectivity index (χ0) is 12.3. The lowest BCUT2D eigenvalue weighted by molar-refractivity contribution is 0.931. The number of hydrogen-bond donors (Lipinski definition) is 0. The van der Waals surface area contributed by atoms with Gasteiger partial charge in [-0.3, -0.25) is 0 Å². The summed E-state index contributed by atoms with van der Waals surface area (Å²) in [5.74, 6) is 8.32. The van der Waals surface area contributed by atoms with Gasteiger partial charge in [0.1, 0.15) is 0 Å². The maximum Gasteiger partial charge on any atom is -0.00387 e. The Labute approximate surface area is 100 Å². The predicted molar refractivity (Wildman–Crippen MR) is 80.3 cm³/mol. The summed E-state index contributed by atoms with van der Waals surface area (Å²) < 4.78 is 0. The third-order valence-electron chi connectivity index (χ3n) is 2.71. The highest BCUT2D eigenvalue weighted by Crippen LogP contribution is 2.29. The summed E-state index contributed by atoms with van der Waals surface area (Å²) in [7, 11) is -1.10. The first-order valence-electron chi connectivity index (χ1n) is 5.49. The molecule has 0 spiro atoms. The van der Waals surface area contributed by atoms with Crippen LogP contribution in [0, 0.1) is 6.92 Å². The van der Waals surface area contributed by atoms with Gasteiger partial charge in [-0.25, -0.2) is 0 Å². The van der Waals surface area contributed by atoms with Crippen molar-refractivity contribution in [3.63, 3.8) is 0 Å². The highest BCUT2D eigenvalue weighted by atomic mass is 32.2. The molecule has 88 valence electrons. The number of hydrogen-bond acceptors (Lipinski definition) is 0. The fourth-order valence-electron chi connectivity index (χ4n) is 1.57. The average molecular weight is 234 g/mol. The van der Waals surface area contributed by atoms with Crippen molar-refractivity contribution in [1.82, 2.24) is 0 Å². The van der Waals surface area contributed by atoms with Gasteiger partial charge in [0, 0.05) is 0 Å². The van der Waals surface area contributed by atoms with Gasteiger partial charge in [0.05, 0.1) is 0 Å². The fraction of sp³-hybridized carbons (Fsp3) is 0.333. The van der Waals surface area contributed by atoms with E-state index in [9.17, 15) is 0 Å². The van der Waals surface area contributed by atoms with Crippen LogP contribution in [-0.4, -0.2) is 18.0 Å². The summed E-state index contributed by atoms with van der Waals surface area (Å²) >= 11 is 0. The summed E-state index contributed by atoms with van der Waals surface area (Å²) in [4.78, 5) is 1.29. The van der Waals surface area contributed by atoms with Gasteiger partial charge in [-0.15, -0.1) is 6.58 Å². The number of aryl methyl sites for hydroxylation is 2. The molecule has 0 amide bonds. The predicted octanol–water partition coefficient (Wildman–Crippen LogP) is 4.16. The molecular formula is C15H22S. The van der Waals surface area contributed by atoms with Gasteiger partial charge >= 0.3 is 0 Å². The van der Waals surface area contributed by atoms with Crippen molar-refractivity contribution >= 4 is 20.9 Å². The maximum atomic E-state index is 4.16. The largest absolute Gasteiger partial charge is 0.190 e. The minimum absolute atomic E-state index is 1.06. The standard InChI is InChI=1S/C15H22S/c1-12(2)7-9-14-11-15(16(4,5)6)10-8-13(14)3/h8,10-11H,1,4-5,7,9H2,2-3,6H3. The molecule has 0 saturated heterocycles. The first kappa shape index (κ1) is 13.1. The molecule has 0 unspecified atom stereocenters. The van der Waals surface area contributed by atoms with Crippen LogP contribution in [-0.2, 0) is 6.42 Å². The summed E-state index contributed by atoms with van der Waals surface area (Å²) in [5.41, 5.74) is 4.00. The van der Waals surface area contributed by atoms with Gasteiger partial charge in [-0.1, -0.05) is 23.4 Å². The van der Waals surface area contributed by atoms with Crippen molar-refractivity contribution in [3.8, 4) is 0 Å². The molecule has 0 aliphatic carbocycles. The molecule has 0 radical (unpaired) electrons. The molecule has 0 fully saturated rings. The SMILES string of the molecule is C=C(C)CCc1cc(S(=C)(=C)C)ccc1C. The van der Waals surface area contributed by atoms with Crippen LogP contribution in [0.25, 0.3) is 0 Å². The van der Waals surface area contributed by atoms with E-state index in [0.29, 0.717) is 0 Å². The van der Waals surface area contributed by atoms with Crippen LogP contribution >= 0.6 is 9.21 Å². The lowest BCUT2D eigenvalue weighted by Gasteiger charge is -2.12. The monoisotopic (exact) mass is 234 g/mol. The Morgan fingerprint density at radius 2 is 1.94 bits per heavy atom. The molecule has 1 rings (SSSR count). The molecule has 0 aliphatic heterocycles. The van der Waals surface area contributed by atoms with E-state index in [4.69, 9.17) is 0 Å². The number of benzene rings is 1. The number of rotatable bonds is 4. The lowest BCUT2D eigenvalue weighted by Crippen LogP contribution is -1.92. The minimum atomic E-state index is -1.10. The Hall–Kier alpha value is -0.950. The lowest BCUT2D eigenvalue weighted by atomic mass is 10.0. The molecule has 0 atom stereocenters. The Bertz CT molecular complexity index is 490. The molecular weight excluding hydrogens is 212 g/mol. The fourth-order valence-corrected chi connectivity index (χ4v) is 2.40. The van der Waals surface area contributed by atoms with E-state index in [2.05, 4.69) is 56.6 Å². The van der Waals surface area contributed by atoms with Crippen molar-refractivity contribution in [2.45, 2.75) is 31.6 Å². The molecule has 0 saturated carbocycles. The van der Waals surface area contributed by atoms with E-state index in [-0.39, 0.29) is 0 Å². The maximum absolute atomic E-state index is 4.16. The normalized spacial score (nSPS) is 11.4. The third-order valence-corrected chi connectivity index (χ3v) is 4.10. The zero-order valence-electron chi connectivity index (χ0n) is 10.7. The summed E-state index contributed by atoms with van der Waals surface area (Å²) in [5, 5.41) is 0. The molecule has 1 heteroatoms. The van der Waals surface area contributed by atoms with Crippen LogP contribution in [0.5, 0.6) is 0 Å².